The largest absolute Gasteiger partial charge is 0.495 e. The zero-order chi connectivity index (χ0) is 15.2. The number of thioether (sulfide) groups is 1. The van der Waals surface area contributed by atoms with Gasteiger partial charge in [0, 0.05) is 6.07 Å². The van der Waals surface area contributed by atoms with E-state index >= 15 is 0 Å². The number of carbonyl (C=O) groups is 1. The third-order valence-electron chi connectivity index (χ3n) is 2.89. The summed E-state index contributed by atoms with van der Waals surface area (Å²) in [5.41, 5.74) is 1.52. The van der Waals surface area contributed by atoms with Crippen molar-refractivity contribution in [3.8, 4) is 5.75 Å². The van der Waals surface area contributed by atoms with Crippen LogP contribution in [0.25, 0.3) is 0 Å². The molecule has 1 aromatic carbocycles. The molecule has 0 aliphatic heterocycles. The summed E-state index contributed by atoms with van der Waals surface area (Å²) in [6.07, 6.45) is 0. The number of aromatic nitrogens is 1. The number of ether oxygens (including phenoxy) is 1. The fourth-order valence-corrected chi connectivity index (χ4v) is 2.51. The number of para-hydroxylation sites is 2. The van der Waals surface area contributed by atoms with Crippen molar-refractivity contribution in [1.82, 2.24) is 5.16 Å². The minimum atomic E-state index is -0.208. The number of nitrogens with zero attached hydrogens (tertiary/aromatic N) is 1. The summed E-state index contributed by atoms with van der Waals surface area (Å²) in [5, 5.41) is 6.49. The van der Waals surface area contributed by atoms with Gasteiger partial charge in [-0.3, -0.25) is 4.79 Å². The van der Waals surface area contributed by atoms with Crippen molar-refractivity contribution >= 4 is 23.4 Å². The molecule has 1 atom stereocenters. The molecule has 0 saturated heterocycles. The Morgan fingerprint density at radius 3 is 2.90 bits per heavy atom. The lowest BCUT2D eigenvalue weighted by molar-refractivity contribution is -0.115. The van der Waals surface area contributed by atoms with Crippen LogP contribution in [-0.4, -0.2) is 23.4 Å². The Bertz CT molecular complexity index is 612. The van der Waals surface area contributed by atoms with E-state index in [1.54, 1.807) is 7.11 Å². The average Bonchev–Trinajstić information content (AvgIpc) is 2.91. The number of nitrogens with one attached hydrogen (secondary N) is 1. The van der Waals surface area contributed by atoms with E-state index in [0.717, 1.165) is 11.5 Å². The van der Waals surface area contributed by atoms with Gasteiger partial charge in [-0.05, 0) is 26.0 Å². The van der Waals surface area contributed by atoms with Gasteiger partial charge in [0.15, 0.2) is 0 Å². The molecular weight excluding hydrogens is 288 g/mol. The van der Waals surface area contributed by atoms with Gasteiger partial charge in [0.2, 0.25) is 5.91 Å². The number of hydrogen-bond donors (Lipinski definition) is 1. The zero-order valence-electron chi connectivity index (χ0n) is 12.3. The first kappa shape index (κ1) is 15.4. The van der Waals surface area contributed by atoms with Crippen molar-refractivity contribution in [2.75, 3.05) is 12.4 Å². The fourth-order valence-electron chi connectivity index (χ4n) is 1.75. The molecule has 0 aliphatic rings. The van der Waals surface area contributed by atoms with E-state index in [9.17, 15) is 4.79 Å². The van der Waals surface area contributed by atoms with Crippen LogP contribution in [0.1, 0.15) is 18.4 Å². The van der Waals surface area contributed by atoms with Crippen LogP contribution in [0.3, 0.4) is 0 Å². The van der Waals surface area contributed by atoms with Gasteiger partial charge < -0.3 is 14.6 Å². The summed E-state index contributed by atoms with van der Waals surface area (Å²) < 4.78 is 10.3. The molecule has 21 heavy (non-hydrogen) atoms. The van der Waals surface area contributed by atoms with Crippen molar-refractivity contribution in [1.29, 1.82) is 0 Å². The number of carbonyl (C=O) groups excluding carboxylic acids is 1. The van der Waals surface area contributed by atoms with E-state index in [2.05, 4.69) is 10.5 Å². The second-order valence-corrected chi connectivity index (χ2v) is 5.91. The number of methoxy groups -OCH3 is 1. The predicted octanol–water partition coefficient (Wildman–Crippen LogP) is 3.25. The molecule has 6 heteroatoms. The molecule has 112 valence electrons. The number of benzene rings is 1. The second-order valence-electron chi connectivity index (χ2n) is 4.58. The molecule has 0 unspecified atom stereocenters. The Morgan fingerprint density at radius 2 is 2.24 bits per heavy atom. The van der Waals surface area contributed by atoms with Crippen molar-refractivity contribution in [2.45, 2.75) is 24.9 Å². The first-order valence-electron chi connectivity index (χ1n) is 6.58. The van der Waals surface area contributed by atoms with E-state index in [0.29, 0.717) is 17.2 Å². The Hall–Kier alpha value is -1.95. The SMILES string of the molecule is COc1ccccc1NC(=O)[C@@H](C)SCc1cc(C)no1. The van der Waals surface area contributed by atoms with Crippen LogP contribution in [0.5, 0.6) is 5.75 Å². The molecule has 2 rings (SSSR count). The number of hydrogen-bond acceptors (Lipinski definition) is 5. The summed E-state index contributed by atoms with van der Waals surface area (Å²) in [7, 11) is 1.58. The predicted molar refractivity (Wildman–Crippen MR) is 83.6 cm³/mol. The summed E-state index contributed by atoms with van der Waals surface area (Å²) >= 11 is 1.50. The van der Waals surface area contributed by atoms with Gasteiger partial charge in [-0.2, -0.15) is 0 Å². The highest BCUT2D eigenvalue weighted by Gasteiger charge is 2.16. The minimum absolute atomic E-state index is 0.0688. The summed E-state index contributed by atoms with van der Waals surface area (Å²) in [6.45, 7) is 3.73. The van der Waals surface area contributed by atoms with Gasteiger partial charge in [-0.25, -0.2) is 0 Å². The quantitative estimate of drug-likeness (QED) is 0.887. The van der Waals surface area contributed by atoms with Crippen molar-refractivity contribution in [3.63, 3.8) is 0 Å². The standard InChI is InChI=1S/C15H18N2O3S/c1-10-8-12(20-17-10)9-21-11(2)15(18)16-13-6-4-5-7-14(13)19-3/h4-8,11H,9H2,1-3H3,(H,16,18)/t11-/m1/s1. The van der Waals surface area contributed by atoms with Crippen molar-refractivity contribution in [3.05, 3.63) is 41.8 Å². The number of anilines is 1. The van der Waals surface area contributed by atoms with E-state index in [1.807, 2.05) is 44.2 Å². The second kappa shape index (κ2) is 7.17. The van der Waals surface area contributed by atoms with Crippen LogP contribution in [0.4, 0.5) is 5.69 Å². The van der Waals surface area contributed by atoms with Gasteiger partial charge >= 0.3 is 0 Å². The Kier molecular flexibility index (Phi) is 5.27. The highest BCUT2D eigenvalue weighted by Crippen LogP contribution is 2.25. The van der Waals surface area contributed by atoms with E-state index in [1.165, 1.54) is 11.8 Å². The molecule has 0 bridgehead atoms. The van der Waals surface area contributed by atoms with Crippen LogP contribution in [0, 0.1) is 6.92 Å². The molecule has 5 nitrogen and oxygen atoms in total. The first-order chi connectivity index (χ1) is 10.1. The number of aryl methyl sites for hydroxylation is 1. The zero-order valence-corrected chi connectivity index (χ0v) is 13.1. The van der Waals surface area contributed by atoms with Gasteiger partial charge in [-0.1, -0.05) is 17.3 Å². The Labute approximate surface area is 128 Å². The molecule has 0 aliphatic carbocycles. The Morgan fingerprint density at radius 1 is 1.48 bits per heavy atom. The van der Waals surface area contributed by atoms with Crippen LogP contribution < -0.4 is 10.1 Å². The van der Waals surface area contributed by atoms with Gasteiger partial charge in [0.25, 0.3) is 0 Å². The maximum atomic E-state index is 12.2. The lowest BCUT2D eigenvalue weighted by atomic mass is 10.3. The maximum Gasteiger partial charge on any atom is 0.237 e. The lowest BCUT2D eigenvalue weighted by Gasteiger charge is -2.13. The molecule has 1 aromatic heterocycles. The topological polar surface area (TPSA) is 64.4 Å². The summed E-state index contributed by atoms with van der Waals surface area (Å²) in [5.74, 6) is 1.96. The third-order valence-corrected chi connectivity index (χ3v) is 4.05. The molecule has 0 fully saturated rings. The van der Waals surface area contributed by atoms with E-state index in [4.69, 9.17) is 9.26 Å². The highest BCUT2D eigenvalue weighted by atomic mass is 32.2. The monoisotopic (exact) mass is 306 g/mol. The van der Waals surface area contributed by atoms with E-state index < -0.39 is 0 Å². The molecule has 1 amide bonds. The average molecular weight is 306 g/mol. The van der Waals surface area contributed by atoms with Gasteiger partial charge in [0.05, 0.1) is 29.5 Å². The number of rotatable bonds is 6. The molecule has 0 radical (unpaired) electrons. The molecule has 1 N–H and O–H groups in total. The first-order valence-corrected chi connectivity index (χ1v) is 7.62. The third kappa shape index (κ3) is 4.26. The smallest absolute Gasteiger partial charge is 0.237 e. The van der Waals surface area contributed by atoms with Crippen LogP contribution in [-0.2, 0) is 10.5 Å². The summed E-state index contributed by atoms with van der Waals surface area (Å²) in [4.78, 5) is 12.2. The Balaban J connectivity index is 1.90. The molecule has 1 heterocycles. The maximum absolute atomic E-state index is 12.2. The highest BCUT2D eigenvalue weighted by molar-refractivity contribution is 7.99. The molecule has 0 saturated carbocycles. The van der Waals surface area contributed by atoms with Gasteiger partial charge in [0.1, 0.15) is 11.5 Å². The number of amides is 1. The lowest BCUT2D eigenvalue weighted by Crippen LogP contribution is -2.22. The fraction of sp³-hybridized carbons (Fsp3) is 0.333. The van der Waals surface area contributed by atoms with Crippen molar-refractivity contribution < 1.29 is 14.1 Å². The molecular formula is C15H18N2O3S. The van der Waals surface area contributed by atoms with Crippen LogP contribution in [0.2, 0.25) is 0 Å². The molecule has 2 aromatic rings. The van der Waals surface area contributed by atoms with Gasteiger partial charge in [-0.15, -0.1) is 11.8 Å². The molecule has 0 spiro atoms. The van der Waals surface area contributed by atoms with Crippen LogP contribution >= 0.6 is 11.8 Å². The summed E-state index contributed by atoms with van der Waals surface area (Å²) in [6, 6.07) is 9.21. The van der Waals surface area contributed by atoms with Crippen molar-refractivity contribution in [2.24, 2.45) is 0 Å². The minimum Gasteiger partial charge on any atom is -0.495 e. The normalized spacial score (nSPS) is 12.0. The van der Waals surface area contributed by atoms with E-state index in [-0.39, 0.29) is 11.2 Å². The van der Waals surface area contributed by atoms with Crippen LogP contribution in [0.15, 0.2) is 34.9 Å².